The number of thioether (sulfide) groups is 2. The first-order valence-corrected chi connectivity index (χ1v) is 9.48. The number of rotatable bonds is 6. The third-order valence-electron chi connectivity index (χ3n) is 3.33. The molecule has 0 spiro atoms. The topological polar surface area (TPSA) is 70.7 Å². The average Bonchev–Trinajstić information content (AvgIpc) is 3.14. The number of benzene rings is 2. The molecule has 1 amide bonds. The maximum atomic E-state index is 12.3. The SMILES string of the molecule is CSc1ccc(NC(=O)c2ccc(CSc3ncn[nH]3)cc2)cc1. The second kappa shape index (κ2) is 8.03. The van der Waals surface area contributed by atoms with Crippen LogP contribution in [0.1, 0.15) is 15.9 Å². The molecule has 2 aromatic carbocycles. The van der Waals surface area contributed by atoms with E-state index < -0.39 is 0 Å². The number of nitrogens with one attached hydrogen (secondary N) is 2. The fraction of sp³-hybridized carbons (Fsp3) is 0.118. The number of hydrogen-bond acceptors (Lipinski definition) is 5. The van der Waals surface area contributed by atoms with Crippen LogP contribution in [0.4, 0.5) is 5.69 Å². The summed E-state index contributed by atoms with van der Waals surface area (Å²) in [6.45, 7) is 0. The minimum atomic E-state index is -0.110. The lowest BCUT2D eigenvalue weighted by Gasteiger charge is -2.07. The van der Waals surface area contributed by atoms with Gasteiger partial charge in [-0.25, -0.2) is 4.98 Å². The van der Waals surface area contributed by atoms with E-state index in [0.29, 0.717) is 5.56 Å². The lowest BCUT2D eigenvalue weighted by Crippen LogP contribution is -2.11. The van der Waals surface area contributed by atoms with Crippen LogP contribution in [0.15, 0.2) is 64.9 Å². The Morgan fingerprint density at radius 1 is 1.12 bits per heavy atom. The van der Waals surface area contributed by atoms with Crippen LogP contribution in [-0.4, -0.2) is 27.3 Å². The first-order chi connectivity index (χ1) is 11.7. The lowest BCUT2D eigenvalue weighted by atomic mass is 10.1. The van der Waals surface area contributed by atoms with Crippen molar-refractivity contribution in [2.75, 3.05) is 11.6 Å². The number of hydrogen-bond donors (Lipinski definition) is 2. The van der Waals surface area contributed by atoms with E-state index in [4.69, 9.17) is 0 Å². The van der Waals surface area contributed by atoms with Gasteiger partial charge in [0.1, 0.15) is 6.33 Å². The van der Waals surface area contributed by atoms with Gasteiger partial charge in [-0.05, 0) is 48.2 Å². The highest BCUT2D eigenvalue weighted by molar-refractivity contribution is 7.98. The van der Waals surface area contributed by atoms with Crippen molar-refractivity contribution in [2.24, 2.45) is 0 Å². The third kappa shape index (κ3) is 4.39. The minimum Gasteiger partial charge on any atom is -0.322 e. The van der Waals surface area contributed by atoms with Gasteiger partial charge in [-0.3, -0.25) is 9.89 Å². The monoisotopic (exact) mass is 356 g/mol. The van der Waals surface area contributed by atoms with Crippen LogP contribution >= 0.6 is 23.5 Å². The maximum absolute atomic E-state index is 12.3. The molecule has 7 heteroatoms. The van der Waals surface area contributed by atoms with Crippen molar-refractivity contribution in [3.63, 3.8) is 0 Å². The second-order valence-electron chi connectivity index (χ2n) is 4.96. The van der Waals surface area contributed by atoms with Crippen LogP contribution in [0.2, 0.25) is 0 Å². The summed E-state index contributed by atoms with van der Waals surface area (Å²) in [5, 5.41) is 10.3. The van der Waals surface area contributed by atoms with Crippen LogP contribution in [-0.2, 0) is 5.75 Å². The van der Waals surface area contributed by atoms with Crippen molar-refractivity contribution in [1.29, 1.82) is 0 Å². The molecule has 122 valence electrons. The molecule has 0 saturated carbocycles. The molecule has 2 N–H and O–H groups in total. The van der Waals surface area contributed by atoms with E-state index in [1.54, 1.807) is 23.5 Å². The van der Waals surface area contributed by atoms with Gasteiger partial charge in [0.15, 0.2) is 5.16 Å². The quantitative estimate of drug-likeness (QED) is 0.652. The Kier molecular flexibility index (Phi) is 5.55. The molecule has 0 fully saturated rings. The molecule has 0 atom stereocenters. The van der Waals surface area contributed by atoms with Crippen molar-refractivity contribution in [1.82, 2.24) is 15.2 Å². The summed E-state index contributed by atoms with van der Waals surface area (Å²) in [6, 6.07) is 15.4. The van der Waals surface area contributed by atoms with Gasteiger partial charge < -0.3 is 5.32 Å². The van der Waals surface area contributed by atoms with Gasteiger partial charge in [-0.1, -0.05) is 23.9 Å². The Morgan fingerprint density at radius 3 is 2.50 bits per heavy atom. The van der Waals surface area contributed by atoms with E-state index in [1.165, 1.54) is 11.2 Å². The summed E-state index contributed by atoms with van der Waals surface area (Å²) in [4.78, 5) is 17.5. The van der Waals surface area contributed by atoms with Crippen molar-refractivity contribution >= 4 is 35.1 Å². The van der Waals surface area contributed by atoms with Crippen molar-refractivity contribution in [2.45, 2.75) is 15.8 Å². The van der Waals surface area contributed by atoms with Crippen molar-refractivity contribution < 1.29 is 4.79 Å². The Balaban J connectivity index is 1.58. The molecule has 24 heavy (non-hydrogen) atoms. The Hall–Kier alpha value is -2.25. The van der Waals surface area contributed by atoms with Crippen LogP contribution in [0.5, 0.6) is 0 Å². The van der Waals surface area contributed by atoms with Gasteiger partial charge in [0.05, 0.1) is 0 Å². The first kappa shape index (κ1) is 16.6. The number of anilines is 1. The summed E-state index contributed by atoms with van der Waals surface area (Å²) < 4.78 is 0. The molecule has 0 aliphatic rings. The Morgan fingerprint density at radius 2 is 1.88 bits per heavy atom. The lowest BCUT2D eigenvalue weighted by molar-refractivity contribution is 0.102. The zero-order valence-corrected chi connectivity index (χ0v) is 14.7. The molecule has 0 aliphatic carbocycles. The van der Waals surface area contributed by atoms with Gasteiger partial charge in [-0.2, -0.15) is 5.10 Å². The molecular formula is C17H16N4OS2. The highest BCUT2D eigenvalue weighted by atomic mass is 32.2. The van der Waals surface area contributed by atoms with Crippen molar-refractivity contribution in [3.8, 4) is 0 Å². The predicted molar refractivity (Wildman–Crippen MR) is 98.6 cm³/mol. The van der Waals surface area contributed by atoms with E-state index >= 15 is 0 Å². The number of H-pyrrole nitrogens is 1. The van der Waals surface area contributed by atoms with Crippen LogP contribution < -0.4 is 5.32 Å². The summed E-state index contributed by atoms with van der Waals surface area (Å²) in [5.74, 6) is 0.661. The fourth-order valence-electron chi connectivity index (χ4n) is 2.05. The molecule has 0 aliphatic heterocycles. The van der Waals surface area contributed by atoms with E-state index in [0.717, 1.165) is 22.2 Å². The second-order valence-corrected chi connectivity index (χ2v) is 6.80. The minimum absolute atomic E-state index is 0.110. The van der Waals surface area contributed by atoms with Crippen LogP contribution in [0.25, 0.3) is 0 Å². The Bertz CT molecular complexity index is 786. The van der Waals surface area contributed by atoms with Gasteiger partial charge >= 0.3 is 0 Å². The number of aromatic nitrogens is 3. The summed E-state index contributed by atoms with van der Waals surface area (Å²) >= 11 is 3.24. The summed E-state index contributed by atoms with van der Waals surface area (Å²) in [7, 11) is 0. The molecule has 5 nitrogen and oxygen atoms in total. The molecule has 0 unspecified atom stereocenters. The van der Waals surface area contributed by atoms with E-state index in [9.17, 15) is 4.79 Å². The van der Waals surface area contributed by atoms with Gasteiger partial charge in [0.25, 0.3) is 5.91 Å². The zero-order chi connectivity index (χ0) is 16.8. The predicted octanol–water partition coefficient (Wildman–Crippen LogP) is 4.07. The molecule has 1 heterocycles. The molecule has 3 aromatic rings. The number of carbonyl (C=O) groups excluding carboxylic acids is 1. The summed E-state index contributed by atoms with van der Waals surface area (Å²) in [6.07, 6.45) is 3.51. The number of amides is 1. The fourth-order valence-corrected chi connectivity index (χ4v) is 3.19. The molecule has 0 bridgehead atoms. The highest BCUT2D eigenvalue weighted by Gasteiger charge is 2.06. The van der Waals surface area contributed by atoms with E-state index in [1.807, 2.05) is 54.8 Å². The number of carbonyl (C=O) groups is 1. The average molecular weight is 356 g/mol. The molecule has 0 radical (unpaired) electrons. The zero-order valence-electron chi connectivity index (χ0n) is 13.0. The standard InChI is InChI=1S/C17H16N4OS2/c1-23-15-8-6-14(7-9-15)20-16(22)13-4-2-12(3-5-13)10-24-17-18-11-19-21-17/h2-9,11H,10H2,1H3,(H,20,22)(H,18,19,21). The number of aromatic amines is 1. The number of nitrogens with zero attached hydrogens (tertiary/aromatic N) is 2. The normalized spacial score (nSPS) is 10.5. The highest BCUT2D eigenvalue weighted by Crippen LogP contribution is 2.20. The maximum Gasteiger partial charge on any atom is 0.255 e. The van der Waals surface area contributed by atoms with Crippen LogP contribution in [0, 0.1) is 0 Å². The van der Waals surface area contributed by atoms with Crippen LogP contribution in [0.3, 0.4) is 0 Å². The molecular weight excluding hydrogens is 340 g/mol. The largest absolute Gasteiger partial charge is 0.322 e. The van der Waals surface area contributed by atoms with E-state index in [2.05, 4.69) is 20.5 Å². The third-order valence-corrected chi connectivity index (χ3v) is 5.02. The first-order valence-electron chi connectivity index (χ1n) is 7.27. The molecule has 1 aromatic heterocycles. The van der Waals surface area contributed by atoms with E-state index in [-0.39, 0.29) is 5.91 Å². The van der Waals surface area contributed by atoms with Crippen molar-refractivity contribution in [3.05, 3.63) is 66.0 Å². The summed E-state index contributed by atoms with van der Waals surface area (Å²) in [5.41, 5.74) is 2.55. The molecule has 3 rings (SSSR count). The molecule has 0 saturated heterocycles. The van der Waals surface area contributed by atoms with Gasteiger partial charge in [-0.15, -0.1) is 11.8 Å². The van der Waals surface area contributed by atoms with Gasteiger partial charge in [0.2, 0.25) is 0 Å². The Labute approximate surface area is 148 Å². The smallest absolute Gasteiger partial charge is 0.255 e. The van der Waals surface area contributed by atoms with Gasteiger partial charge in [0, 0.05) is 21.9 Å².